The Hall–Kier alpha value is -3.28. The third kappa shape index (κ3) is 2.71. The number of aromatic nitrogens is 5. The maximum absolute atomic E-state index is 5.13. The van der Waals surface area contributed by atoms with E-state index in [1.54, 1.807) is 13.3 Å². The van der Waals surface area contributed by atoms with Crippen LogP contribution >= 0.6 is 0 Å². The third-order valence-electron chi connectivity index (χ3n) is 4.15. The van der Waals surface area contributed by atoms with Crippen LogP contribution in [0.1, 0.15) is 11.4 Å². The van der Waals surface area contributed by atoms with Crippen LogP contribution < -0.4 is 4.74 Å². The number of methoxy groups -OCH3 is 1. The molecule has 0 amide bonds. The van der Waals surface area contributed by atoms with E-state index in [0.29, 0.717) is 5.88 Å². The van der Waals surface area contributed by atoms with Crippen LogP contribution in [0, 0.1) is 13.8 Å². The van der Waals surface area contributed by atoms with Crippen molar-refractivity contribution in [2.24, 2.45) is 0 Å². The highest BCUT2D eigenvalue weighted by Crippen LogP contribution is 2.27. The van der Waals surface area contributed by atoms with Gasteiger partial charge in [0.05, 0.1) is 19.0 Å². The fraction of sp³-hybridized carbons (Fsp3) is 0.158. The van der Waals surface area contributed by atoms with E-state index in [2.05, 4.69) is 43.5 Å². The lowest BCUT2D eigenvalue weighted by Crippen LogP contribution is -1.95. The van der Waals surface area contributed by atoms with Crippen LogP contribution in [0.15, 0.2) is 49.2 Å². The molecule has 0 aliphatic rings. The largest absolute Gasteiger partial charge is 0.481 e. The molecule has 25 heavy (non-hydrogen) atoms. The van der Waals surface area contributed by atoms with Gasteiger partial charge in [0.25, 0.3) is 0 Å². The van der Waals surface area contributed by atoms with E-state index in [4.69, 9.17) is 4.74 Å². The summed E-state index contributed by atoms with van der Waals surface area (Å²) < 4.78 is 7.21. The number of aryl methyl sites for hydroxylation is 2. The van der Waals surface area contributed by atoms with Crippen LogP contribution in [0.3, 0.4) is 0 Å². The van der Waals surface area contributed by atoms with Crippen molar-refractivity contribution in [3.63, 3.8) is 0 Å². The summed E-state index contributed by atoms with van der Waals surface area (Å²) in [5, 5.41) is 0. The SMILES string of the molecule is COc1ccc(-c2cnc3c(C)cc(-c4cnc(C)nc4)cn23)cn1. The molecule has 124 valence electrons. The van der Waals surface area contributed by atoms with Crippen molar-refractivity contribution >= 4 is 5.65 Å². The highest BCUT2D eigenvalue weighted by atomic mass is 16.5. The van der Waals surface area contributed by atoms with Gasteiger partial charge in [-0.3, -0.25) is 4.40 Å². The Morgan fingerprint density at radius 3 is 2.28 bits per heavy atom. The Morgan fingerprint density at radius 2 is 1.60 bits per heavy atom. The van der Waals surface area contributed by atoms with Crippen LogP contribution in [0.25, 0.3) is 28.0 Å². The van der Waals surface area contributed by atoms with Crippen molar-refractivity contribution in [3.8, 4) is 28.3 Å². The molecule has 0 spiro atoms. The Kier molecular flexibility index (Phi) is 3.65. The van der Waals surface area contributed by atoms with Crippen molar-refractivity contribution in [1.29, 1.82) is 0 Å². The van der Waals surface area contributed by atoms with E-state index in [-0.39, 0.29) is 0 Å². The van der Waals surface area contributed by atoms with Gasteiger partial charge in [-0.1, -0.05) is 0 Å². The van der Waals surface area contributed by atoms with Gasteiger partial charge in [-0.2, -0.15) is 0 Å². The Balaban J connectivity index is 1.87. The molecule has 0 atom stereocenters. The molecule has 4 heterocycles. The minimum atomic E-state index is 0.589. The summed E-state index contributed by atoms with van der Waals surface area (Å²) in [5.74, 6) is 1.35. The van der Waals surface area contributed by atoms with Crippen molar-refractivity contribution in [2.75, 3.05) is 7.11 Å². The molecular weight excluding hydrogens is 314 g/mol. The first-order chi connectivity index (χ1) is 12.2. The topological polar surface area (TPSA) is 65.2 Å². The monoisotopic (exact) mass is 331 g/mol. The molecule has 0 saturated carbocycles. The van der Waals surface area contributed by atoms with E-state index in [1.165, 1.54) is 0 Å². The minimum absolute atomic E-state index is 0.589. The summed E-state index contributed by atoms with van der Waals surface area (Å²) in [6, 6.07) is 5.93. The number of ether oxygens (including phenoxy) is 1. The van der Waals surface area contributed by atoms with Crippen LogP contribution in [-0.4, -0.2) is 31.4 Å². The number of hydrogen-bond donors (Lipinski definition) is 0. The molecule has 4 aromatic heterocycles. The molecule has 4 rings (SSSR count). The molecule has 4 aromatic rings. The molecule has 0 N–H and O–H groups in total. The van der Waals surface area contributed by atoms with E-state index in [0.717, 1.165) is 39.4 Å². The summed E-state index contributed by atoms with van der Waals surface area (Å²) in [7, 11) is 1.61. The van der Waals surface area contributed by atoms with Crippen LogP contribution in [-0.2, 0) is 0 Å². The minimum Gasteiger partial charge on any atom is -0.481 e. The van der Waals surface area contributed by atoms with Gasteiger partial charge in [0.1, 0.15) is 11.5 Å². The maximum atomic E-state index is 5.13. The first-order valence-electron chi connectivity index (χ1n) is 7.93. The van der Waals surface area contributed by atoms with Crippen molar-refractivity contribution in [1.82, 2.24) is 24.3 Å². The van der Waals surface area contributed by atoms with E-state index in [9.17, 15) is 0 Å². The number of imidazole rings is 1. The molecule has 0 fully saturated rings. The maximum Gasteiger partial charge on any atom is 0.212 e. The average Bonchev–Trinajstić information content (AvgIpc) is 3.07. The molecule has 0 radical (unpaired) electrons. The van der Waals surface area contributed by atoms with Gasteiger partial charge < -0.3 is 4.74 Å². The van der Waals surface area contributed by atoms with Crippen molar-refractivity contribution in [2.45, 2.75) is 13.8 Å². The van der Waals surface area contributed by atoms with Crippen molar-refractivity contribution in [3.05, 3.63) is 60.6 Å². The van der Waals surface area contributed by atoms with Gasteiger partial charge in [0.2, 0.25) is 5.88 Å². The lowest BCUT2D eigenvalue weighted by Gasteiger charge is -2.08. The molecule has 0 unspecified atom stereocenters. The number of pyridine rings is 2. The van der Waals surface area contributed by atoms with Gasteiger partial charge in [0, 0.05) is 47.5 Å². The Morgan fingerprint density at radius 1 is 0.840 bits per heavy atom. The Labute approximate surface area is 145 Å². The summed E-state index contributed by atoms with van der Waals surface area (Å²) in [6.07, 6.45) is 9.40. The van der Waals surface area contributed by atoms with Gasteiger partial charge in [0.15, 0.2) is 0 Å². The molecule has 6 nitrogen and oxygen atoms in total. The highest BCUT2D eigenvalue weighted by molar-refractivity contribution is 5.70. The molecule has 0 aliphatic carbocycles. The lowest BCUT2D eigenvalue weighted by molar-refractivity contribution is 0.398. The molecule has 0 saturated heterocycles. The predicted octanol–water partition coefficient (Wildman–Crippen LogP) is 3.48. The zero-order chi connectivity index (χ0) is 17.4. The summed E-state index contributed by atoms with van der Waals surface area (Å²) in [5.41, 5.74) is 5.98. The predicted molar refractivity (Wildman–Crippen MR) is 95.5 cm³/mol. The standard InChI is InChI=1S/C19H17N5O/c1-12-6-15(16-8-20-13(2)21-9-16)11-24-17(10-23-19(12)24)14-4-5-18(25-3)22-7-14/h4-11H,1-3H3. The first-order valence-corrected chi connectivity index (χ1v) is 7.93. The summed E-state index contributed by atoms with van der Waals surface area (Å²) in [6.45, 7) is 3.93. The Bertz CT molecular complexity index is 1040. The number of fused-ring (bicyclic) bond motifs is 1. The molecule has 0 aromatic carbocycles. The third-order valence-corrected chi connectivity index (χ3v) is 4.15. The quantitative estimate of drug-likeness (QED) is 0.575. The average molecular weight is 331 g/mol. The fourth-order valence-corrected chi connectivity index (χ4v) is 2.82. The zero-order valence-electron chi connectivity index (χ0n) is 14.3. The van der Waals surface area contributed by atoms with Gasteiger partial charge in [-0.25, -0.2) is 19.9 Å². The second-order valence-corrected chi connectivity index (χ2v) is 5.86. The van der Waals surface area contributed by atoms with Crippen LogP contribution in [0.2, 0.25) is 0 Å². The molecule has 0 bridgehead atoms. The summed E-state index contributed by atoms with van der Waals surface area (Å²) >= 11 is 0. The smallest absolute Gasteiger partial charge is 0.212 e. The molecule has 6 heteroatoms. The number of hydrogen-bond acceptors (Lipinski definition) is 5. The zero-order valence-corrected chi connectivity index (χ0v) is 14.3. The van der Waals surface area contributed by atoms with Crippen molar-refractivity contribution < 1.29 is 4.74 Å². The van der Waals surface area contributed by atoms with Gasteiger partial charge >= 0.3 is 0 Å². The molecular formula is C19H17N5O. The number of rotatable bonds is 3. The first kappa shape index (κ1) is 15.3. The van der Waals surface area contributed by atoms with Gasteiger partial charge in [-0.05, 0) is 31.5 Å². The van der Waals surface area contributed by atoms with E-state index < -0.39 is 0 Å². The van der Waals surface area contributed by atoms with E-state index >= 15 is 0 Å². The lowest BCUT2D eigenvalue weighted by atomic mass is 10.1. The van der Waals surface area contributed by atoms with E-state index in [1.807, 2.05) is 37.6 Å². The normalized spacial score (nSPS) is 11.0. The second kappa shape index (κ2) is 5.98. The highest BCUT2D eigenvalue weighted by Gasteiger charge is 2.11. The second-order valence-electron chi connectivity index (χ2n) is 5.86. The molecule has 0 aliphatic heterocycles. The fourth-order valence-electron chi connectivity index (χ4n) is 2.82. The van der Waals surface area contributed by atoms with Crippen LogP contribution in [0.5, 0.6) is 5.88 Å². The number of nitrogens with zero attached hydrogens (tertiary/aromatic N) is 5. The van der Waals surface area contributed by atoms with Crippen LogP contribution in [0.4, 0.5) is 0 Å². The van der Waals surface area contributed by atoms with Gasteiger partial charge in [-0.15, -0.1) is 0 Å². The summed E-state index contributed by atoms with van der Waals surface area (Å²) in [4.78, 5) is 17.4.